The Bertz CT molecular complexity index is 1160. The molecular weight excluding hydrogens is 385 g/mol. The van der Waals surface area contributed by atoms with Crippen molar-refractivity contribution in [2.75, 3.05) is 0 Å². The first kappa shape index (κ1) is 18.7. The van der Waals surface area contributed by atoms with Gasteiger partial charge < -0.3 is 9.73 Å². The molecule has 1 amide bonds. The molecule has 9 heteroatoms. The topological polar surface area (TPSA) is 72.4 Å². The van der Waals surface area contributed by atoms with Gasteiger partial charge in [0, 0.05) is 11.6 Å². The van der Waals surface area contributed by atoms with Crippen LogP contribution in [0.25, 0.3) is 16.9 Å². The van der Waals surface area contributed by atoms with Crippen molar-refractivity contribution in [2.24, 2.45) is 0 Å². The number of hydrogen-bond donors (Lipinski definition) is 1. The Morgan fingerprint density at radius 2 is 1.93 bits per heavy atom. The lowest BCUT2D eigenvalue weighted by molar-refractivity contribution is -0.142. The normalized spacial score (nSPS) is 11.7. The van der Waals surface area contributed by atoms with Crippen molar-refractivity contribution in [2.45, 2.75) is 19.6 Å². The first-order chi connectivity index (χ1) is 13.8. The third kappa shape index (κ3) is 3.84. The van der Waals surface area contributed by atoms with Crippen molar-refractivity contribution in [3.05, 3.63) is 77.5 Å². The molecule has 0 atom stereocenters. The highest BCUT2D eigenvalue weighted by atomic mass is 19.4. The Labute approximate surface area is 163 Å². The maximum Gasteiger partial charge on any atom is 0.433 e. The van der Waals surface area contributed by atoms with Gasteiger partial charge in [-0.3, -0.25) is 4.79 Å². The molecular formula is C20H15F3N4O2. The third-order valence-electron chi connectivity index (χ3n) is 4.30. The Hall–Kier alpha value is -3.62. The molecule has 0 aliphatic heterocycles. The molecule has 0 spiro atoms. The highest BCUT2D eigenvalue weighted by Gasteiger charge is 2.35. The summed E-state index contributed by atoms with van der Waals surface area (Å²) in [5.74, 6) is -0.116. The van der Waals surface area contributed by atoms with E-state index in [2.05, 4.69) is 15.4 Å². The number of hydrogen-bond acceptors (Lipinski definition) is 4. The summed E-state index contributed by atoms with van der Waals surface area (Å²) in [5, 5.41) is 6.37. The summed E-state index contributed by atoms with van der Waals surface area (Å²) in [5.41, 5.74) is 0.406. The smallest absolute Gasteiger partial charge is 0.433 e. The van der Waals surface area contributed by atoms with E-state index < -0.39 is 17.8 Å². The molecule has 1 N–H and O–H groups in total. The summed E-state index contributed by atoms with van der Waals surface area (Å²) in [6, 6.07) is 12.5. The summed E-state index contributed by atoms with van der Waals surface area (Å²) in [4.78, 5) is 16.6. The van der Waals surface area contributed by atoms with E-state index in [1.807, 2.05) is 6.92 Å². The lowest BCUT2D eigenvalue weighted by Gasteiger charge is -2.11. The summed E-state index contributed by atoms with van der Waals surface area (Å²) in [6.45, 7) is 1.97. The van der Waals surface area contributed by atoms with Crippen LogP contribution in [-0.2, 0) is 12.7 Å². The van der Waals surface area contributed by atoms with Crippen LogP contribution in [-0.4, -0.2) is 20.5 Å². The van der Waals surface area contributed by atoms with Crippen LogP contribution in [0, 0.1) is 6.92 Å². The van der Waals surface area contributed by atoms with E-state index in [0.717, 1.165) is 11.6 Å². The number of nitrogens with one attached hydrogen (secondary N) is 1. The van der Waals surface area contributed by atoms with Crippen molar-refractivity contribution in [1.29, 1.82) is 0 Å². The summed E-state index contributed by atoms with van der Waals surface area (Å²) in [6.07, 6.45) is -3.22. The van der Waals surface area contributed by atoms with Gasteiger partial charge in [0.1, 0.15) is 5.76 Å². The van der Waals surface area contributed by atoms with Gasteiger partial charge in [-0.2, -0.15) is 18.3 Å². The minimum absolute atomic E-state index is 0.0708. The Kier molecular flexibility index (Phi) is 4.57. The van der Waals surface area contributed by atoms with Crippen LogP contribution in [0.4, 0.5) is 13.2 Å². The van der Waals surface area contributed by atoms with Gasteiger partial charge in [-0.05, 0) is 25.1 Å². The number of halogens is 3. The van der Waals surface area contributed by atoms with Crippen LogP contribution in [0.3, 0.4) is 0 Å². The van der Waals surface area contributed by atoms with Gasteiger partial charge in [-0.1, -0.05) is 29.8 Å². The van der Waals surface area contributed by atoms with E-state index in [4.69, 9.17) is 4.42 Å². The lowest BCUT2D eigenvalue weighted by atomic mass is 10.1. The summed E-state index contributed by atoms with van der Waals surface area (Å²) >= 11 is 0. The quantitative estimate of drug-likeness (QED) is 0.556. The van der Waals surface area contributed by atoms with Crippen molar-refractivity contribution in [3.8, 4) is 11.3 Å². The largest absolute Gasteiger partial charge is 0.467 e. The molecule has 4 rings (SSSR count). The van der Waals surface area contributed by atoms with Crippen molar-refractivity contribution in [3.63, 3.8) is 0 Å². The van der Waals surface area contributed by atoms with Gasteiger partial charge in [0.05, 0.1) is 18.5 Å². The second kappa shape index (κ2) is 7.08. The number of furan rings is 1. The SMILES string of the molecule is Cc1ccc(-c2cc(C(F)(F)F)n3nc(C(=O)NCc4ccco4)cc3n2)cc1. The number of alkyl halides is 3. The molecule has 6 nitrogen and oxygen atoms in total. The molecule has 0 aliphatic rings. The number of fused-ring (bicyclic) bond motifs is 1. The molecule has 0 bridgehead atoms. The molecule has 4 aromatic rings. The van der Waals surface area contributed by atoms with Gasteiger partial charge in [-0.25, -0.2) is 9.50 Å². The Morgan fingerprint density at radius 3 is 2.59 bits per heavy atom. The van der Waals surface area contributed by atoms with Crippen molar-refractivity contribution >= 4 is 11.6 Å². The average Bonchev–Trinajstić information content (AvgIpc) is 3.34. The Morgan fingerprint density at radius 1 is 1.17 bits per heavy atom. The van der Waals surface area contributed by atoms with Crippen LogP contribution in [0.2, 0.25) is 0 Å². The van der Waals surface area contributed by atoms with E-state index in [0.29, 0.717) is 15.8 Å². The number of carbonyl (C=O) groups excluding carboxylic acids is 1. The van der Waals surface area contributed by atoms with E-state index in [1.54, 1.807) is 36.4 Å². The molecule has 29 heavy (non-hydrogen) atoms. The number of aromatic nitrogens is 3. The van der Waals surface area contributed by atoms with E-state index in [9.17, 15) is 18.0 Å². The molecule has 0 aliphatic carbocycles. The highest BCUT2D eigenvalue weighted by Crippen LogP contribution is 2.32. The molecule has 0 unspecified atom stereocenters. The number of carbonyl (C=O) groups is 1. The fourth-order valence-electron chi connectivity index (χ4n) is 2.83. The predicted molar refractivity (Wildman–Crippen MR) is 98.0 cm³/mol. The first-order valence-electron chi connectivity index (χ1n) is 8.67. The van der Waals surface area contributed by atoms with Crippen LogP contribution < -0.4 is 5.32 Å². The number of rotatable bonds is 4. The van der Waals surface area contributed by atoms with Gasteiger partial charge in [0.15, 0.2) is 17.0 Å². The maximum atomic E-state index is 13.6. The van der Waals surface area contributed by atoms with Crippen LogP contribution in [0.5, 0.6) is 0 Å². The number of amides is 1. The zero-order valence-electron chi connectivity index (χ0n) is 15.2. The number of aryl methyl sites for hydroxylation is 1. The van der Waals surface area contributed by atoms with Crippen molar-refractivity contribution < 1.29 is 22.4 Å². The zero-order chi connectivity index (χ0) is 20.6. The summed E-state index contributed by atoms with van der Waals surface area (Å²) < 4.78 is 46.6. The van der Waals surface area contributed by atoms with E-state index in [1.165, 1.54) is 12.3 Å². The van der Waals surface area contributed by atoms with E-state index in [-0.39, 0.29) is 23.6 Å². The standard InChI is InChI=1S/C20H15F3N4O2/c1-12-4-6-13(7-5-12)15-9-17(20(21,22)23)27-18(25-15)10-16(26-27)19(28)24-11-14-3-2-8-29-14/h2-10H,11H2,1H3,(H,24,28). The van der Waals surface area contributed by atoms with Gasteiger partial charge >= 0.3 is 6.18 Å². The fraction of sp³-hybridized carbons (Fsp3) is 0.150. The predicted octanol–water partition coefficient (Wildman–Crippen LogP) is 4.25. The summed E-state index contributed by atoms with van der Waals surface area (Å²) in [7, 11) is 0. The Balaban J connectivity index is 1.73. The molecule has 148 valence electrons. The van der Waals surface area contributed by atoms with Crippen LogP contribution >= 0.6 is 0 Å². The van der Waals surface area contributed by atoms with Gasteiger partial charge in [0.25, 0.3) is 5.91 Å². The third-order valence-corrected chi connectivity index (χ3v) is 4.30. The molecule has 3 heterocycles. The minimum atomic E-state index is -4.67. The van der Waals surface area contributed by atoms with Crippen LogP contribution in [0.1, 0.15) is 27.5 Å². The monoisotopic (exact) mass is 400 g/mol. The second-order valence-electron chi connectivity index (χ2n) is 6.45. The average molecular weight is 400 g/mol. The minimum Gasteiger partial charge on any atom is -0.467 e. The van der Waals surface area contributed by atoms with Crippen molar-refractivity contribution in [1.82, 2.24) is 19.9 Å². The van der Waals surface area contributed by atoms with Gasteiger partial charge in [0.2, 0.25) is 0 Å². The number of nitrogens with zero attached hydrogens (tertiary/aromatic N) is 3. The molecule has 0 fully saturated rings. The molecule has 1 aromatic carbocycles. The number of benzene rings is 1. The van der Waals surface area contributed by atoms with E-state index >= 15 is 0 Å². The lowest BCUT2D eigenvalue weighted by Crippen LogP contribution is -2.23. The van der Waals surface area contributed by atoms with Crippen LogP contribution in [0.15, 0.2) is 59.2 Å². The highest BCUT2D eigenvalue weighted by molar-refractivity contribution is 5.93. The second-order valence-corrected chi connectivity index (χ2v) is 6.45. The fourth-order valence-corrected chi connectivity index (χ4v) is 2.83. The molecule has 0 saturated heterocycles. The zero-order valence-corrected chi connectivity index (χ0v) is 15.2. The molecule has 3 aromatic heterocycles. The van der Waals surface area contributed by atoms with Gasteiger partial charge in [-0.15, -0.1) is 0 Å². The maximum absolute atomic E-state index is 13.6. The molecule has 0 saturated carbocycles. The first-order valence-corrected chi connectivity index (χ1v) is 8.67. The molecule has 0 radical (unpaired) electrons.